The fraction of sp³-hybridized carbons (Fsp3) is 0.417. The summed E-state index contributed by atoms with van der Waals surface area (Å²) in [5.41, 5.74) is 3.75. The zero-order valence-electron chi connectivity index (χ0n) is 18.8. The molecular weight excluding hydrogens is 392 g/mol. The number of nitrogens with zero attached hydrogens (tertiary/aromatic N) is 2. The number of nitrogens with one attached hydrogen (secondary N) is 2. The molecule has 1 aliphatic rings. The molecule has 2 aromatic rings. The first kappa shape index (κ1) is 22.8. The summed E-state index contributed by atoms with van der Waals surface area (Å²) in [6, 6.07) is 13.1. The van der Waals surface area contributed by atoms with Crippen molar-refractivity contribution in [3.8, 4) is 5.75 Å². The van der Waals surface area contributed by atoms with Gasteiger partial charge in [-0.25, -0.2) is 0 Å². The van der Waals surface area contributed by atoms with Crippen molar-refractivity contribution in [3.63, 3.8) is 0 Å². The molecule has 7 heteroatoms. The van der Waals surface area contributed by atoms with E-state index in [0.29, 0.717) is 12.3 Å². The zero-order valence-corrected chi connectivity index (χ0v) is 18.8. The van der Waals surface area contributed by atoms with E-state index in [9.17, 15) is 9.59 Å². The SMILES string of the molecule is COc1cccc(NC(=O)[C@@H](C)N2CCN(CC(=O)Nc3c(C)cccc3C)CC2)c1. The van der Waals surface area contributed by atoms with Crippen molar-refractivity contribution in [2.45, 2.75) is 26.8 Å². The van der Waals surface area contributed by atoms with Gasteiger partial charge in [0.25, 0.3) is 0 Å². The van der Waals surface area contributed by atoms with Gasteiger partial charge in [-0.1, -0.05) is 24.3 Å². The average molecular weight is 425 g/mol. The Morgan fingerprint density at radius 2 is 1.65 bits per heavy atom. The third-order valence-electron chi connectivity index (χ3n) is 5.78. The molecule has 166 valence electrons. The second-order valence-electron chi connectivity index (χ2n) is 8.02. The van der Waals surface area contributed by atoms with E-state index in [2.05, 4.69) is 20.4 Å². The van der Waals surface area contributed by atoms with Crippen molar-refractivity contribution in [1.29, 1.82) is 0 Å². The van der Waals surface area contributed by atoms with E-state index in [1.807, 2.05) is 57.2 Å². The van der Waals surface area contributed by atoms with Crippen molar-refractivity contribution < 1.29 is 14.3 Å². The van der Waals surface area contributed by atoms with Crippen LogP contribution in [0.1, 0.15) is 18.1 Å². The van der Waals surface area contributed by atoms with Crippen LogP contribution in [0.25, 0.3) is 0 Å². The Morgan fingerprint density at radius 1 is 1.00 bits per heavy atom. The van der Waals surface area contributed by atoms with Gasteiger partial charge in [0.15, 0.2) is 0 Å². The zero-order chi connectivity index (χ0) is 22.4. The van der Waals surface area contributed by atoms with E-state index in [-0.39, 0.29) is 17.9 Å². The Morgan fingerprint density at radius 3 is 2.29 bits per heavy atom. The quantitative estimate of drug-likeness (QED) is 0.715. The number of amides is 2. The van der Waals surface area contributed by atoms with Gasteiger partial charge in [0.2, 0.25) is 11.8 Å². The minimum Gasteiger partial charge on any atom is -0.497 e. The molecule has 1 heterocycles. The number of piperazine rings is 1. The minimum absolute atomic E-state index is 0.00494. The molecule has 1 atom stereocenters. The molecule has 0 saturated carbocycles. The second kappa shape index (κ2) is 10.4. The van der Waals surface area contributed by atoms with Crippen molar-refractivity contribution in [3.05, 3.63) is 53.6 Å². The van der Waals surface area contributed by atoms with E-state index >= 15 is 0 Å². The summed E-state index contributed by atoms with van der Waals surface area (Å²) in [6.07, 6.45) is 0. The summed E-state index contributed by atoms with van der Waals surface area (Å²) in [4.78, 5) is 29.5. The first-order chi connectivity index (χ1) is 14.9. The Balaban J connectivity index is 1.47. The predicted molar refractivity (Wildman–Crippen MR) is 124 cm³/mol. The Labute approximate surface area is 184 Å². The number of carbonyl (C=O) groups is 2. The van der Waals surface area contributed by atoms with Crippen molar-refractivity contribution >= 4 is 23.2 Å². The maximum Gasteiger partial charge on any atom is 0.241 e. The number of anilines is 2. The van der Waals surface area contributed by atoms with Gasteiger partial charge in [0.05, 0.1) is 19.7 Å². The van der Waals surface area contributed by atoms with Crippen LogP contribution >= 0.6 is 0 Å². The third-order valence-corrected chi connectivity index (χ3v) is 5.78. The van der Waals surface area contributed by atoms with Gasteiger partial charge in [0, 0.05) is 43.6 Å². The van der Waals surface area contributed by atoms with Crippen LogP contribution in [-0.2, 0) is 9.59 Å². The monoisotopic (exact) mass is 424 g/mol. The summed E-state index contributed by atoms with van der Waals surface area (Å²) in [6.45, 7) is 9.24. The van der Waals surface area contributed by atoms with Crippen LogP contribution in [0.3, 0.4) is 0 Å². The molecule has 3 rings (SSSR count). The topological polar surface area (TPSA) is 73.9 Å². The maximum atomic E-state index is 12.7. The van der Waals surface area contributed by atoms with Gasteiger partial charge in [-0.05, 0) is 44.0 Å². The van der Waals surface area contributed by atoms with Gasteiger partial charge in [0.1, 0.15) is 5.75 Å². The number of benzene rings is 2. The fourth-order valence-corrected chi connectivity index (χ4v) is 3.82. The Kier molecular flexibility index (Phi) is 7.65. The highest BCUT2D eigenvalue weighted by Gasteiger charge is 2.26. The molecule has 0 aromatic heterocycles. The van der Waals surface area contributed by atoms with Crippen LogP contribution in [0, 0.1) is 13.8 Å². The molecule has 0 aliphatic carbocycles. The second-order valence-corrected chi connectivity index (χ2v) is 8.02. The van der Waals surface area contributed by atoms with Crippen LogP contribution in [-0.4, -0.2) is 67.5 Å². The van der Waals surface area contributed by atoms with Crippen LogP contribution in [0.5, 0.6) is 5.75 Å². The molecule has 1 fully saturated rings. The molecular formula is C24H32N4O3. The average Bonchev–Trinajstić information content (AvgIpc) is 2.76. The molecule has 31 heavy (non-hydrogen) atoms. The Hall–Kier alpha value is -2.90. The van der Waals surface area contributed by atoms with Crippen molar-refractivity contribution in [2.75, 3.05) is 50.5 Å². The highest BCUT2D eigenvalue weighted by molar-refractivity contribution is 5.95. The number of aryl methyl sites for hydroxylation is 2. The lowest BCUT2D eigenvalue weighted by atomic mass is 10.1. The van der Waals surface area contributed by atoms with E-state index < -0.39 is 0 Å². The summed E-state index contributed by atoms with van der Waals surface area (Å²) in [5.74, 6) is 0.655. The number of ether oxygens (including phenoxy) is 1. The molecule has 1 saturated heterocycles. The molecule has 2 N–H and O–H groups in total. The van der Waals surface area contributed by atoms with E-state index in [1.165, 1.54) is 0 Å². The lowest BCUT2D eigenvalue weighted by molar-refractivity contribution is -0.122. The summed E-state index contributed by atoms with van der Waals surface area (Å²) in [5, 5.41) is 6.00. The van der Waals surface area contributed by atoms with Gasteiger partial charge in [-0.15, -0.1) is 0 Å². The maximum absolute atomic E-state index is 12.7. The van der Waals surface area contributed by atoms with Crippen molar-refractivity contribution in [1.82, 2.24) is 9.80 Å². The van der Waals surface area contributed by atoms with Crippen LogP contribution in [0.4, 0.5) is 11.4 Å². The number of para-hydroxylation sites is 1. The standard InChI is InChI=1S/C24H32N4O3/c1-17-7-5-8-18(2)23(17)26-22(29)16-27-11-13-28(14-12-27)19(3)24(30)25-20-9-6-10-21(15-20)31-4/h5-10,15,19H,11-14,16H2,1-4H3,(H,25,30)(H,26,29)/t19-/m1/s1. The molecule has 7 nitrogen and oxygen atoms in total. The first-order valence-electron chi connectivity index (χ1n) is 10.6. The number of hydrogen-bond donors (Lipinski definition) is 2. The van der Waals surface area contributed by atoms with E-state index in [4.69, 9.17) is 4.74 Å². The Bertz CT molecular complexity index is 903. The van der Waals surface area contributed by atoms with Gasteiger partial charge in [-0.2, -0.15) is 0 Å². The molecule has 1 aliphatic heterocycles. The highest BCUT2D eigenvalue weighted by Crippen LogP contribution is 2.20. The smallest absolute Gasteiger partial charge is 0.241 e. The molecule has 2 amide bonds. The first-order valence-corrected chi connectivity index (χ1v) is 10.6. The predicted octanol–water partition coefficient (Wildman–Crippen LogP) is 2.90. The molecule has 2 aromatic carbocycles. The number of rotatable bonds is 7. The lowest BCUT2D eigenvalue weighted by Gasteiger charge is -2.37. The molecule has 0 bridgehead atoms. The summed E-state index contributed by atoms with van der Waals surface area (Å²) < 4.78 is 5.21. The van der Waals surface area contributed by atoms with Crippen LogP contribution in [0.15, 0.2) is 42.5 Å². The molecule has 0 spiro atoms. The number of methoxy groups -OCH3 is 1. The third kappa shape index (κ3) is 6.06. The fourth-order valence-electron chi connectivity index (χ4n) is 3.82. The summed E-state index contributed by atoms with van der Waals surface area (Å²) >= 11 is 0. The molecule has 0 unspecified atom stereocenters. The highest BCUT2D eigenvalue weighted by atomic mass is 16.5. The largest absolute Gasteiger partial charge is 0.497 e. The van der Waals surface area contributed by atoms with Crippen molar-refractivity contribution in [2.24, 2.45) is 0 Å². The summed E-state index contributed by atoms with van der Waals surface area (Å²) in [7, 11) is 1.60. The number of carbonyl (C=O) groups excluding carboxylic acids is 2. The molecule has 0 radical (unpaired) electrons. The van der Waals surface area contributed by atoms with Gasteiger partial charge < -0.3 is 15.4 Å². The van der Waals surface area contributed by atoms with E-state index in [0.717, 1.165) is 48.7 Å². The lowest BCUT2D eigenvalue weighted by Crippen LogP contribution is -2.53. The number of hydrogen-bond acceptors (Lipinski definition) is 5. The van der Waals surface area contributed by atoms with Gasteiger partial charge in [-0.3, -0.25) is 19.4 Å². The van der Waals surface area contributed by atoms with Crippen LogP contribution in [0.2, 0.25) is 0 Å². The minimum atomic E-state index is -0.253. The van der Waals surface area contributed by atoms with Gasteiger partial charge >= 0.3 is 0 Å². The normalized spacial score (nSPS) is 15.9. The van der Waals surface area contributed by atoms with Crippen LogP contribution < -0.4 is 15.4 Å². The van der Waals surface area contributed by atoms with E-state index in [1.54, 1.807) is 13.2 Å².